The van der Waals surface area contributed by atoms with Crippen molar-refractivity contribution in [1.82, 2.24) is 5.32 Å². The third-order valence-corrected chi connectivity index (χ3v) is 3.75. The van der Waals surface area contributed by atoms with Gasteiger partial charge in [-0.25, -0.2) is 0 Å². The molecular weight excluding hydrogens is 354 g/mol. The van der Waals surface area contributed by atoms with Gasteiger partial charge in [-0.2, -0.15) is 0 Å². The molecule has 2 aromatic carbocycles. The molecule has 0 saturated carbocycles. The van der Waals surface area contributed by atoms with E-state index in [0.717, 1.165) is 11.6 Å². The number of hydrogen-bond acceptors (Lipinski definition) is 6. The Morgan fingerprint density at radius 2 is 1.93 bits per heavy atom. The molecule has 0 aliphatic rings. The molecule has 0 saturated heterocycles. The molecule has 0 radical (unpaired) electrons. The lowest BCUT2D eigenvalue weighted by Gasteiger charge is -2.15. The molecule has 0 fully saturated rings. The number of anilines is 1. The minimum atomic E-state index is -1.17. The number of benzene rings is 2. The van der Waals surface area contributed by atoms with E-state index >= 15 is 0 Å². The van der Waals surface area contributed by atoms with E-state index in [1.807, 2.05) is 30.3 Å². The smallest absolute Gasteiger partial charge is 0.321 e. The third kappa shape index (κ3) is 5.79. The van der Waals surface area contributed by atoms with Crippen LogP contribution < -0.4 is 15.4 Å². The van der Waals surface area contributed by atoms with Crippen LogP contribution >= 0.6 is 0 Å². The van der Waals surface area contributed by atoms with Crippen molar-refractivity contribution in [3.63, 3.8) is 0 Å². The predicted molar refractivity (Wildman–Crippen MR) is 97.6 cm³/mol. The SMILES string of the molecule is COc1ccc([N+](=O)[O-])cc1NC(=O)C[C@H](NCc1ccccc1)C(=O)O. The molecule has 142 valence electrons. The summed E-state index contributed by atoms with van der Waals surface area (Å²) in [5, 5.41) is 25.5. The number of nitro benzene ring substituents is 1. The van der Waals surface area contributed by atoms with Gasteiger partial charge < -0.3 is 15.2 Å². The Bertz CT molecular complexity index is 825. The number of nitro groups is 1. The first kappa shape index (κ1) is 19.9. The molecule has 27 heavy (non-hydrogen) atoms. The van der Waals surface area contributed by atoms with Crippen molar-refractivity contribution >= 4 is 23.3 Å². The Morgan fingerprint density at radius 3 is 2.52 bits per heavy atom. The zero-order valence-electron chi connectivity index (χ0n) is 14.5. The summed E-state index contributed by atoms with van der Waals surface area (Å²) < 4.78 is 5.07. The minimum absolute atomic E-state index is 0.101. The van der Waals surface area contributed by atoms with Crippen LogP contribution in [0.2, 0.25) is 0 Å². The summed E-state index contributed by atoms with van der Waals surface area (Å²) in [4.78, 5) is 34.0. The maximum Gasteiger partial charge on any atom is 0.321 e. The highest BCUT2D eigenvalue weighted by molar-refractivity contribution is 5.95. The van der Waals surface area contributed by atoms with E-state index in [0.29, 0.717) is 0 Å². The van der Waals surface area contributed by atoms with Gasteiger partial charge in [-0.15, -0.1) is 0 Å². The van der Waals surface area contributed by atoms with Gasteiger partial charge in [0.15, 0.2) is 0 Å². The number of nitrogens with one attached hydrogen (secondary N) is 2. The Morgan fingerprint density at radius 1 is 1.22 bits per heavy atom. The highest BCUT2D eigenvalue weighted by atomic mass is 16.6. The van der Waals surface area contributed by atoms with Gasteiger partial charge in [-0.05, 0) is 11.6 Å². The van der Waals surface area contributed by atoms with Crippen LogP contribution in [0.1, 0.15) is 12.0 Å². The number of ether oxygens (including phenoxy) is 1. The summed E-state index contributed by atoms with van der Waals surface area (Å²) in [6.07, 6.45) is -0.353. The van der Waals surface area contributed by atoms with E-state index in [2.05, 4.69) is 10.6 Å². The molecular formula is C18H19N3O6. The Balaban J connectivity index is 2.04. The number of amides is 1. The molecule has 0 aromatic heterocycles. The molecule has 3 N–H and O–H groups in total. The molecule has 9 heteroatoms. The average molecular weight is 373 g/mol. The van der Waals surface area contributed by atoms with Crippen LogP contribution in [0.25, 0.3) is 0 Å². The van der Waals surface area contributed by atoms with Crippen molar-refractivity contribution in [3.05, 3.63) is 64.2 Å². The van der Waals surface area contributed by atoms with E-state index in [9.17, 15) is 24.8 Å². The van der Waals surface area contributed by atoms with Gasteiger partial charge in [0.1, 0.15) is 11.8 Å². The van der Waals surface area contributed by atoms with Gasteiger partial charge in [0.2, 0.25) is 5.91 Å². The average Bonchev–Trinajstić information content (AvgIpc) is 2.65. The van der Waals surface area contributed by atoms with Crippen LogP contribution in [-0.4, -0.2) is 35.1 Å². The lowest BCUT2D eigenvalue weighted by Crippen LogP contribution is -2.39. The highest BCUT2D eigenvalue weighted by Gasteiger charge is 2.22. The summed E-state index contributed by atoms with van der Waals surface area (Å²) in [6.45, 7) is 0.283. The molecule has 1 atom stereocenters. The second-order valence-corrected chi connectivity index (χ2v) is 5.65. The van der Waals surface area contributed by atoms with Crippen molar-refractivity contribution in [2.24, 2.45) is 0 Å². The van der Waals surface area contributed by atoms with Crippen LogP contribution in [0.5, 0.6) is 5.75 Å². The summed E-state index contributed by atoms with van der Waals surface area (Å²) in [7, 11) is 1.36. The zero-order valence-corrected chi connectivity index (χ0v) is 14.5. The van der Waals surface area contributed by atoms with Crippen molar-refractivity contribution in [1.29, 1.82) is 0 Å². The van der Waals surface area contributed by atoms with Gasteiger partial charge >= 0.3 is 5.97 Å². The lowest BCUT2D eigenvalue weighted by atomic mass is 10.1. The molecule has 2 aromatic rings. The van der Waals surface area contributed by atoms with Gasteiger partial charge in [0.25, 0.3) is 5.69 Å². The number of methoxy groups -OCH3 is 1. The zero-order chi connectivity index (χ0) is 19.8. The van der Waals surface area contributed by atoms with Crippen molar-refractivity contribution in [2.75, 3.05) is 12.4 Å². The fourth-order valence-electron chi connectivity index (χ4n) is 2.38. The number of hydrogen-bond donors (Lipinski definition) is 3. The number of nitrogens with zero attached hydrogens (tertiary/aromatic N) is 1. The Hall–Kier alpha value is -3.46. The van der Waals surface area contributed by atoms with Crippen molar-refractivity contribution in [2.45, 2.75) is 19.0 Å². The lowest BCUT2D eigenvalue weighted by molar-refractivity contribution is -0.384. The fraction of sp³-hybridized carbons (Fsp3) is 0.222. The molecule has 0 aliphatic carbocycles. The fourth-order valence-corrected chi connectivity index (χ4v) is 2.38. The van der Waals surface area contributed by atoms with Crippen LogP contribution in [-0.2, 0) is 16.1 Å². The number of rotatable bonds is 9. The molecule has 0 aliphatic heterocycles. The first-order chi connectivity index (χ1) is 12.9. The minimum Gasteiger partial charge on any atom is -0.495 e. The topological polar surface area (TPSA) is 131 Å². The molecule has 9 nitrogen and oxygen atoms in total. The van der Waals surface area contributed by atoms with Crippen LogP contribution in [0.4, 0.5) is 11.4 Å². The largest absolute Gasteiger partial charge is 0.495 e. The first-order valence-electron chi connectivity index (χ1n) is 8.03. The highest BCUT2D eigenvalue weighted by Crippen LogP contribution is 2.29. The van der Waals surface area contributed by atoms with E-state index in [1.165, 1.54) is 19.2 Å². The maximum atomic E-state index is 12.2. The van der Waals surface area contributed by atoms with Crippen molar-refractivity contribution < 1.29 is 24.4 Å². The van der Waals surface area contributed by atoms with Crippen LogP contribution in [0.15, 0.2) is 48.5 Å². The van der Waals surface area contributed by atoms with Gasteiger partial charge in [-0.3, -0.25) is 25.0 Å². The van der Waals surface area contributed by atoms with Gasteiger partial charge in [0.05, 0.1) is 24.1 Å². The summed E-state index contributed by atoms with van der Waals surface area (Å²) in [5.41, 5.74) is 0.761. The summed E-state index contributed by atoms with van der Waals surface area (Å²) in [6, 6.07) is 11.8. The Kier molecular flexibility index (Phi) is 6.84. The number of carboxylic acids is 1. The molecule has 0 unspecified atom stereocenters. The number of carboxylic acid groups (broad SMARTS) is 1. The second kappa shape index (κ2) is 9.30. The summed E-state index contributed by atoms with van der Waals surface area (Å²) in [5.74, 6) is -1.55. The first-order valence-corrected chi connectivity index (χ1v) is 8.03. The molecule has 0 spiro atoms. The van der Waals surface area contributed by atoms with E-state index in [1.54, 1.807) is 0 Å². The number of non-ortho nitro benzene ring substituents is 1. The molecule has 2 rings (SSSR count). The van der Waals surface area contributed by atoms with Crippen LogP contribution in [0, 0.1) is 10.1 Å². The molecule has 0 heterocycles. The number of aliphatic carboxylic acids is 1. The van der Waals surface area contributed by atoms with E-state index < -0.39 is 22.8 Å². The molecule has 1 amide bonds. The van der Waals surface area contributed by atoms with E-state index in [4.69, 9.17) is 4.74 Å². The van der Waals surface area contributed by atoms with Crippen LogP contribution in [0.3, 0.4) is 0 Å². The Labute approximate surface area is 155 Å². The number of carbonyl (C=O) groups excluding carboxylic acids is 1. The maximum absolute atomic E-state index is 12.2. The normalized spacial score (nSPS) is 11.4. The standard InChI is InChI=1S/C18H19N3O6/c1-27-16-8-7-13(21(25)26)9-14(16)20-17(22)10-15(18(23)24)19-11-12-5-3-2-4-6-12/h2-9,15,19H,10-11H2,1H3,(H,20,22)(H,23,24)/t15-/m0/s1. The van der Waals surface area contributed by atoms with Gasteiger partial charge in [0, 0.05) is 18.7 Å². The summed E-state index contributed by atoms with van der Waals surface area (Å²) >= 11 is 0. The van der Waals surface area contributed by atoms with Gasteiger partial charge in [-0.1, -0.05) is 30.3 Å². The predicted octanol–water partition coefficient (Wildman–Crippen LogP) is 2.17. The monoisotopic (exact) mass is 373 g/mol. The third-order valence-electron chi connectivity index (χ3n) is 3.75. The molecule has 0 bridgehead atoms. The second-order valence-electron chi connectivity index (χ2n) is 5.65. The number of carbonyl (C=O) groups is 2. The van der Waals surface area contributed by atoms with E-state index in [-0.39, 0.29) is 30.1 Å². The van der Waals surface area contributed by atoms with Crippen molar-refractivity contribution in [3.8, 4) is 5.75 Å². The quantitative estimate of drug-likeness (QED) is 0.453.